The van der Waals surface area contributed by atoms with E-state index in [2.05, 4.69) is 15.3 Å². The second-order valence-corrected chi connectivity index (χ2v) is 4.82. The molecule has 1 aromatic heterocycles. The van der Waals surface area contributed by atoms with Crippen molar-refractivity contribution in [2.24, 2.45) is 0 Å². The SMILES string of the molecule is C[C@H](Nc1cncc(OC2CCCCC2)n1)C(=O)O. The van der Waals surface area contributed by atoms with E-state index in [-0.39, 0.29) is 6.10 Å². The third-order valence-electron chi connectivity index (χ3n) is 3.19. The number of carboxylic acid groups (broad SMARTS) is 1. The average molecular weight is 265 g/mol. The first kappa shape index (κ1) is 13.6. The summed E-state index contributed by atoms with van der Waals surface area (Å²) in [7, 11) is 0. The second kappa shape index (κ2) is 6.36. The number of hydrogen-bond donors (Lipinski definition) is 2. The number of carbonyl (C=O) groups is 1. The van der Waals surface area contributed by atoms with Gasteiger partial charge in [0.05, 0.1) is 12.4 Å². The van der Waals surface area contributed by atoms with Gasteiger partial charge in [0.15, 0.2) is 0 Å². The van der Waals surface area contributed by atoms with E-state index < -0.39 is 12.0 Å². The van der Waals surface area contributed by atoms with Crippen LogP contribution in [0.1, 0.15) is 39.0 Å². The third-order valence-corrected chi connectivity index (χ3v) is 3.19. The van der Waals surface area contributed by atoms with Gasteiger partial charge in [-0.3, -0.25) is 9.78 Å². The zero-order valence-corrected chi connectivity index (χ0v) is 11.0. The molecule has 1 heterocycles. The van der Waals surface area contributed by atoms with Gasteiger partial charge in [-0.25, -0.2) is 0 Å². The topological polar surface area (TPSA) is 84.3 Å². The Hall–Kier alpha value is -1.85. The van der Waals surface area contributed by atoms with E-state index in [0.717, 1.165) is 12.8 Å². The van der Waals surface area contributed by atoms with Crippen LogP contribution in [0.25, 0.3) is 0 Å². The zero-order valence-electron chi connectivity index (χ0n) is 11.0. The van der Waals surface area contributed by atoms with Crippen molar-refractivity contribution in [1.29, 1.82) is 0 Å². The fourth-order valence-corrected chi connectivity index (χ4v) is 2.11. The lowest BCUT2D eigenvalue weighted by Crippen LogP contribution is -2.26. The highest BCUT2D eigenvalue weighted by Crippen LogP contribution is 2.22. The van der Waals surface area contributed by atoms with Gasteiger partial charge in [-0.2, -0.15) is 4.98 Å². The molecule has 1 aliphatic carbocycles. The summed E-state index contributed by atoms with van der Waals surface area (Å²) in [5.41, 5.74) is 0. The van der Waals surface area contributed by atoms with Crippen molar-refractivity contribution in [2.75, 3.05) is 5.32 Å². The van der Waals surface area contributed by atoms with Gasteiger partial charge in [-0.15, -0.1) is 0 Å². The summed E-state index contributed by atoms with van der Waals surface area (Å²) in [5.74, 6) is -0.0573. The van der Waals surface area contributed by atoms with Crippen LogP contribution in [0.5, 0.6) is 5.88 Å². The van der Waals surface area contributed by atoms with Crippen molar-refractivity contribution >= 4 is 11.8 Å². The molecule has 0 spiro atoms. The molecule has 104 valence electrons. The van der Waals surface area contributed by atoms with Crippen LogP contribution in [-0.4, -0.2) is 33.2 Å². The largest absolute Gasteiger partial charge is 0.480 e. The number of aliphatic carboxylic acids is 1. The van der Waals surface area contributed by atoms with E-state index in [1.165, 1.54) is 25.5 Å². The van der Waals surface area contributed by atoms with Gasteiger partial charge >= 0.3 is 5.97 Å². The normalized spacial score (nSPS) is 17.7. The number of nitrogens with zero attached hydrogens (tertiary/aromatic N) is 2. The first-order chi connectivity index (χ1) is 9.15. The highest BCUT2D eigenvalue weighted by molar-refractivity contribution is 5.76. The van der Waals surface area contributed by atoms with E-state index in [1.807, 2.05) is 0 Å². The summed E-state index contributed by atoms with van der Waals surface area (Å²) in [6.45, 7) is 1.55. The maximum atomic E-state index is 10.8. The number of anilines is 1. The predicted molar refractivity (Wildman–Crippen MR) is 70.3 cm³/mol. The Balaban J connectivity index is 1.96. The summed E-state index contributed by atoms with van der Waals surface area (Å²) in [6.07, 6.45) is 8.99. The van der Waals surface area contributed by atoms with Gasteiger partial charge < -0.3 is 15.2 Å². The van der Waals surface area contributed by atoms with Crippen molar-refractivity contribution in [1.82, 2.24) is 9.97 Å². The van der Waals surface area contributed by atoms with Crippen LogP contribution in [0.15, 0.2) is 12.4 Å². The lowest BCUT2D eigenvalue weighted by molar-refractivity contribution is -0.137. The molecule has 19 heavy (non-hydrogen) atoms. The Morgan fingerprint density at radius 3 is 2.84 bits per heavy atom. The number of carboxylic acids is 1. The Labute approximate surface area is 112 Å². The molecule has 6 nitrogen and oxygen atoms in total. The van der Waals surface area contributed by atoms with Crippen molar-refractivity contribution in [3.63, 3.8) is 0 Å². The predicted octanol–water partition coefficient (Wildman–Crippen LogP) is 2.07. The summed E-state index contributed by atoms with van der Waals surface area (Å²) in [6, 6.07) is -0.709. The minimum Gasteiger partial charge on any atom is -0.480 e. The smallest absolute Gasteiger partial charge is 0.325 e. The van der Waals surface area contributed by atoms with Crippen LogP contribution >= 0.6 is 0 Å². The fourth-order valence-electron chi connectivity index (χ4n) is 2.11. The molecule has 2 N–H and O–H groups in total. The molecule has 6 heteroatoms. The molecule has 2 rings (SSSR count). The number of nitrogens with one attached hydrogen (secondary N) is 1. The first-order valence-corrected chi connectivity index (χ1v) is 6.63. The zero-order chi connectivity index (χ0) is 13.7. The summed E-state index contributed by atoms with van der Waals surface area (Å²) < 4.78 is 5.78. The van der Waals surface area contributed by atoms with E-state index in [4.69, 9.17) is 9.84 Å². The highest BCUT2D eigenvalue weighted by Gasteiger charge is 2.16. The van der Waals surface area contributed by atoms with Crippen molar-refractivity contribution in [3.8, 4) is 5.88 Å². The van der Waals surface area contributed by atoms with Crippen LogP contribution in [0, 0.1) is 0 Å². The fraction of sp³-hybridized carbons (Fsp3) is 0.615. The molecule has 1 aliphatic rings. The quantitative estimate of drug-likeness (QED) is 0.847. The Bertz CT molecular complexity index is 433. The van der Waals surface area contributed by atoms with Crippen molar-refractivity contribution < 1.29 is 14.6 Å². The summed E-state index contributed by atoms with van der Waals surface area (Å²) in [5, 5.41) is 11.6. The molecule has 1 saturated carbocycles. The van der Waals surface area contributed by atoms with Crippen LogP contribution in [0.3, 0.4) is 0 Å². The number of hydrogen-bond acceptors (Lipinski definition) is 5. The van der Waals surface area contributed by atoms with Crippen LogP contribution in [-0.2, 0) is 4.79 Å². The van der Waals surface area contributed by atoms with Crippen molar-refractivity contribution in [3.05, 3.63) is 12.4 Å². The standard InChI is InChI=1S/C13H19N3O3/c1-9(13(17)18)15-11-7-14-8-12(16-11)19-10-5-3-2-4-6-10/h7-10H,2-6H2,1H3,(H,15,16)(H,17,18)/t9-/m0/s1. The lowest BCUT2D eigenvalue weighted by Gasteiger charge is -2.22. The Kier molecular flexibility index (Phi) is 4.54. The van der Waals surface area contributed by atoms with E-state index in [0.29, 0.717) is 11.7 Å². The number of ether oxygens (including phenoxy) is 1. The minimum atomic E-state index is -0.930. The third kappa shape index (κ3) is 4.08. The lowest BCUT2D eigenvalue weighted by atomic mass is 9.98. The molecule has 1 atom stereocenters. The molecular formula is C13H19N3O3. The van der Waals surface area contributed by atoms with Gasteiger partial charge in [0.2, 0.25) is 5.88 Å². The molecule has 1 fully saturated rings. The van der Waals surface area contributed by atoms with Gasteiger partial charge in [0, 0.05) is 0 Å². The highest BCUT2D eigenvalue weighted by atomic mass is 16.5. The Morgan fingerprint density at radius 2 is 2.16 bits per heavy atom. The number of rotatable bonds is 5. The Morgan fingerprint density at radius 1 is 1.42 bits per heavy atom. The van der Waals surface area contributed by atoms with Crippen molar-refractivity contribution in [2.45, 2.75) is 51.2 Å². The minimum absolute atomic E-state index is 0.204. The van der Waals surface area contributed by atoms with E-state index >= 15 is 0 Å². The molecule has 0 bridgehead atoms. The summed E-state index contributed by atoms with van der Waals surface area (Å²) >= 11 is 0. The van der Waals surface area contributed by atoms with E-state index in [9.17, 15) is 4.79 Å². The summed E-state index contributed by atoms with van der Waals surface area (Å²) in [4.78, 5) is 19.0. The molecule has 0 radical (unpaired) electrons. The second-order valence-electron chi connectivity index (χ2n) is 4.82. The van der Waals surface area contributed by atoms with Gasteiger partial charge in [0.1, 0.15) is 18.0 Å². The van der Waals surface area contributed by atoms with Gasteiger partial charge in [-0.1, -0.05) is 6.42 Å². The average Bonchev–Trinajstić information content (AvgIpc) is 2.40. The molecule has 1 aromatic rings. The first-order valence-electron chi connectivity index (χ1n) is 6.63. The van der Waals surface area contributed by atoms with Gasteiger partial charge in [-0.05, 0) is 32.6 Å². The van der Waals surface area contributed by atoms with Crippen LogP contribution in [0.4, 0.5) is 5.82 Å². The van der Waals surface area contributed by atoms with E-state index in [1.54, 1.807) is 13.1 Å². The monoisotopic (exact) mass is 265 g/mol. The molecule has 0 unspecified atom stereocenters. The molecule has 0 amide bonds. The molecule has 0 saturated heterocycles. The molecular weight excluding hydrogens is 246 g/mol. The number of aromatic nitrogens is 2. The van der Waals surface area contributed by atoms with Gasteiger partial charge in [0.25, 0.3) is 0 Å². The van der Waals surface area contributed by atoms with Crippen LogP contribution < -0.4 is 10.1 Å². The maximum Gasteiger partial charge on any atom is 0.325 e. The van der Waals surface area contributed by atoms with Crippen LogP contribution in [0.2, 0.25) is 0 Å². The molecule has 0 aliphatic heterocycles. The maximum absolute atomic E-state index is 10.8. The molecule has 0 aromatic carbocycles.